The van der Waals surface area contributed by atoms with Gasteiger partial charge in [-0.05, 0) is 0 Å². The van der Waals surface area contributed by atoms with E-state index in [1.807, 2.05) is 0 Å². The molecular formula is C18H34OSn. The molecule has 0 amide bonds. The fourth-order valence-electron chi connectivity index (χ4n) is 4.20. The van der Waals surface area contributed by atoms with Crippen LogP contribution in [0.1, 0.15) is 60.8 Å². The van der Waals surface area contributed by atoms with Gasteiger partial charge in [-0.2, -0.15) is 0 Å². The van der Waals surface area contributed by atoms with Gasteiger partial charge < -0.3 is 0 Å². The molecule has 0 radical (unpaired) electrons. The molecule has 0 saturated carbocycles. The Hall–Kier alpha value is 0.339. The molecule has 1 aliphatic heterocycles. The van der Waals surface area contributed by atoms with Crippen LogP contribution in [0.3, 0.4) is 0 Å². The molecule has 5 atom stereocenters. The van der Waals surface area contributed by atoms with Crippen molar-refractivity contribution in [3.63, 3.8) is 0 Å². The summed E-state index contributed by atoms with van der Waals surface area (Å²) >= 11 is -2.13. The SMILES string of the molecule is CCC[CH2][Sn]1([CH3])[CH]2CC(C(C)(C)C)C=C2OC(C)[CH]1C. The van der Waals surface area contributed by atoms with Crippen LogP contribution in [0.25, 0.3) is 0 Å². The van der Waals surface area contributed by atoms with Crippen LogP contribution >= 0.6 is 0 Å². The van der Waals surface area contributed by atoms with Crippen molar-refractivity contribution in [3.05, 3.63) is 11.8 Å². The third kappa shape index (κ3) is 2.94. The third-order valence-electron chi connectivity index (χ3n) is 6.24. The number of hydrogen-bond acceptors (Lipinski definition) is 1. The van der Waals surface area contributed by atoms with Crippen LogP contribution in [0.2, 0.25) is 17.2 Å². The second-order valence-corrected chi connectivity index (χ2v) is 23.2. The summed E-state index contributed by atoms with van der Waals surface area (Å²) in [7, 11) is 0. The Kier molecular flexibility index (Phi) is 4.89. The van der Waals surface area contributed by atoms with Crippen LogP contribution in [0, 0.1) is 11.3 Å². The maximum absolute atomic E-state index is 6.34. The first-order valence-corrected chi connectivity index (χ1v) is 16.7. The van der Waals surface area contributed by atoms with E-state index in [2.05, 4.69) is 52.6 Å². The van der Waals surface area contributed by atoms with Crippen molar-refractivity contribution in [3.8, 4) is 0 Å². The predicted molar refractivity (Wildman–Crippen MR) is 90.7 cm³/mol. The summed E-state index contributed by atoms with van der Waals surface area (Å²) < 4.78 is 9.60. The van der Waals surface area contributed by atoms with Crippen LogP contribution in [0.5, 0.6) is 0 Å². The molecule has 5 unspecified atom stereocenters. The van der Waals surface area contributed by atoms with Crippen LogP contribution in [0.4, 0.5) is 0 Å². The van der Waals surface area contributed by atoms with Gasteiger partial charge in [0.2, 0.25) is 0 Å². The first-order valence-electron chi connectivity index (χ1n) is 8.58. The Balaban J connectivity index is 2.27. The van der Waals surface area contributed by atoms with Crippen molar-refractivity contribution < 1.29 is 4.74 Å². The van der Waals surface area contributed by atoms with Crippen molar-refractivity contribution in [1.82, 2.24) is 0 Å². The number of allylic oxidation sites excluding steroid dienone is 2. The Morgan fingerprint density at radius 2 is 1.95 bits per heavy atom. The molecule has 1 saturated heterocycles. The number of ether oxygens (including phenoxy) is 1. The van der Waals surface area contributed by atoms with E-state index in [1.165, 1.54) is 25.0 Å². The Morgan fingerprint density at radius 1 is 1.30 bits per heavy atom. The number of fused-ring (bicyclic) bond motifs is 1. The average Bonchev–Trinajstić information content (AvgIpc) is 2.78. The molecule has 20 heavy (non-hydrogen) atoms. The molecule has 1 nitrogen and oxygen atoms in total. The van der Waals surface area contributed by atoms with Gasteiger partial charge >= 0.3 is 130 Å². The zero-order valence-electron chi connectivity index (χ0n) is 14.6. The van der Waals surface area contributed by atoms with Crippen molar-refractivity contribution in [2.45, 2.75) is 84.2 Å². The standard InChI is InChI=1S/C13H22O.C4H9.CH3.Sn/c1-6-10(2)14-12-8-7-11(9-12)13(3,4)5;1-3-4-2;;/h6,8-11H,7H2,1-5H3;1,3-4H2,2H3;1H3;. The summed E-state index contributed by atoms with van der Waals surface area (Å²) in [5.41, 5.74) is 0.387. The summed E-state index contributed by atoms with van der Waals surface area (Å²) in [6.07, 6.45) is 7.13. The minimum atomic E-state index is -2.13. The van der Waals surface area contributed by atoms with Crippen molar-refractivity contribution >= 4 is 18.4 Å². The molecule has 0 aromatic rings. The molecule has 2 aliphatic rings. The van der Waals surface area contributed by atoms with Crippen molar-refractivity contribution in [2.75, 3.05) is 0 Å². The maximum atomic E-state index is 6.34. The van der Waals surface area contributed by atoms with E-state index in [9.17, 15) is 0 Å². The molecule has 2 rings (SSSR count). The summed E-state index contributed by atoms with van der Waals surface area (Å²) in [6.45, 7) is 14.3. The van der Waals surface area contributed by atoms with Crippen molar-refractivity contribution in [2.24, 2.45) is 11.3 Å². The van der Waals surface area contributed by atoms with Gasteiger partial charge in [0, 0.05) is 0 Å². The van der Waals surface area contributed by atoms with E-state index < -0.39 is 18.4 Å². The molecule has 1 aliphatic carbocycles. The first kappa shape index (κ1) is 16.7. The normalized spacial score (nSPS) is 41.0. The average molecular weight is 385 g/mol. The molecule has 0 aromatic carbocycles. The second kappa shape index (κ2) is 5.85. The van der Waals surface area contributed by atoms with Crippen molar-refractivity contribution in [1.29, 1.82) is 0 Å². The van der Waals surface area contributed by atoms with Gasteiger partial charge in [-0.3, -0.25) is 0 Å². The topological polar surface area (TPSA) is 9.23 Å². The number of unbranched alkanes of at least 4 members (excludes halogenated alkanes) is 1. The third-order valence-corrected chi connectivity index (χ3v) is 23.6. The molecular weight excluding hydrogens is 351 g/mol. The Morgan fingerprint density at radius 3 is 2.50 bits per heavy atom. The van der Waals surface area contributed by atoms with E-state index >= 15 is 0 Å². The molecule has 0 aromatic heterocycles. The van der Waals surface area contributed by atoms with E-state index in [4.69, 9.17) is 4.74 Å². The van der Waals surface area contributed by atoms with E-state index in [-0.39, 0.29) is 0 Å². The number of hydrogen-bond donors (Lipinski definition) is 0. The van der Waals surface area contributed by atoms with Gasteiger partial charge in [-0.1, -0.05) is 0 Å². The van der Waals surface area contributed by atoms with Crippen LogP contribution < -0.4 is 0 Å². The minimum absolute atomic E-state index is 0.387. The zero-order valence-corrected chi connectivity index (χ0v) is 17.5. The summed E-state index contributed by atoms with van der Waals surface area (Å²) in [5, 5.41) is 0. The summed E-state index contributed by atoms with van der Waals surface area (Å²) in [6, 6.07) is 0. The molecule has 0 N–H and O–H groups in total. The zero-order chi connectivity index (χ0) is 15.1. The van der Waals surface area contributed by atoms with E-state index in [1.54, 1.807) is 4.44 Å². The quantitative estimate of drug-likeness (QED) is 0.542. The molecule has 0 spiro atoms. The molecule has 0 bridgehead atoms. The van der Waals surface area contributed by atoms with Crippen LogP contribution in [0.15, 0.2) is 11.8 Å². The van der Waals surface area contributed by atoms with Gasteiger partial charge in [-0.15, -0.1) is 0 Å². The Labute approximate surface area is 130 Å². The molecule has 116 valence electrons. The molecule has 1 fully saturated rings. The molecule has 2 heteroatoms. The van der Waals surface area contributed by atoms with Gasteiger partial charge in [0.05, 0.1) is 0 Å². The summed E-state index contributed by atoms with van der Waals surface area (Å²) in [4.78, 5) is 2.73. The van der Waals surface area contributed by atoms with Crippen LogP contribution in [-0.2, 0) is 4.74 Å². The van der Waals surface area contributed by atoms with Gasteiger partial charge in [0.1, 0.15) is 0 Å². The first-order chi connectivity index (χ1) is 9.20. The number of rotatable bonds is 3. The fourth-order valence-corrected chi connectivity index (χ4v) is 19.3. The predicted octanol–water partition coefficient (Wildman–Crippen LogP) is 5.99. The second-order valence-electron chi connectivity index (χ2n) is 8.55. The fraction of sp³-hybridized carbons (Fsp3) is 0.889. The van der Waals surface area contributed by atoms with E-state index in [0.717, 1.165) is 13.8 Å². The van der Waals surface area contributed by atoms with Gasteiger partial charge in [0.25, 0.3) is 0 Å². The monoisotopic (exact) mass is 386 g/mol. The van der Waals surface area contributed by atoms with Gasteiger partial charge in [-0.25, -0.2) is 0 Å². The molecule has 1 heterocycles. The van der Waals surface area contributed by atoms with Gasteiger partial charge in [0.15, 0.2) is 0 Å². The summed E-state index contributed by atoms with van der Waals surface area (Å²) in [5.74, 6) is 2.13. The van der Waals surface area contributed by atoms with Crippen LogP contribution in [-0.4, -0.2) is 24.5 Å². The Bertz CT molecular complexity index is 381. The van der Waals surface area contributed by atoms with E-state index in [0.29, 0.717) is 11.5 Å².